The Morgan fingerprint density at radius 1 is 1.32 bits per heavy atom. The van der Waals surface area contributed by atoms with Gasteiger partial charge in [-0.3, -0.25) is 4.79 Å². The van der Waals surface area contributed by atoms with Crippen LogP contribution in [0.25, 0.3) is 0 Å². The summed E-state index contributed by atoms with van der Waals surface area (Å²) < 4.78 is 4.65. The van der Waals surface area contributed by atoms with Crippen LogP contribution >= 0.6 is 0 Å². The number of carbonyl (C=O) groups is 1. The summed E-state index contributed by atoms with van der Waals surface area (Å²) in [4.78, 5) is 22.3. The highest BCUT2D eigenvalue weighted by atomic mass is 16.5. The van der Waals surface area contributed by atoms with Gasteiger partial charge in [-0.25, -0.2) is 9.97 Å². The summed E-state index contributed by atoms with van der Waals surface area (Å²) in [6.45, 7) is 1.95. The van der Waals surface area contributed by atoms with Gasteiger partial charge in [0.25, 0.3) is 5.91 Å². The molecule has 3 rings (SSSR count). The molecule has 0 atom stereocenters. The predicted molar refractivity (Wildman–Crippen MR) is 67.9 cm³/mol. The molecule has 7 heteroatoms. The zero-order chi connectivity index (χ0) is 13.1. The molecule has 0 radical (unpaired) electrons. The van der Waals surface area contributed by atoms with E-state index in [-0.39, 0.29) is 5.91 Å². The molecule has 0 unspecified atom stereocenters. The maximum absolute atomic E-state index is 12.0. The Morgan fingerprint density at radius 2 is 2.16 bits per heavy atom. The Bertz CT molecular complexity index is 563. The standard InChI is InChI=1S/C12H13N5O2/c18-12(15-10-3-6-19-16-10)9-7-11(14-8-13-9)17-4-1-2-5-17/h3,6-8H,1-2,4-5H2,(H,15,16,18). The molecule has 1 fully saturated rings. The van der Waals surface area contributed by atoms with Crippen molar-refractivity contribution in [3.05, 3.63) is 30.4 Å². The molecule has 0 saturated carbocycles. The van der Waals surface area contributed by atoms with Crippen LogP contribution in [0.5, 0.6) is 0 Å². The second kappa shape index (κ2) is 5.05. The van der Waals surface area contributed by atoms with Crippen LogP contribution in [0.1, 0.15) is 23.3 Å². The van der Waals surface area contributed by atoms with Gasteiger partial charge in [0.2, 0.25) is 0 Å². The van der Waals surface area contributed by atoms with E-state index in [1.54, 1.807) is 12.1 Å². The lowest BCUT2D eigenvalue weighted by molar-refractivity contribution is 0.102. The molecule has 3 heterocycles. The maximum Gasteiger partial charge on any atom is 0.275 e. The molecule has 0 spiro atoms. The zero-order valence-electron chi connectivity index (χ0n) is 10.2. The van der Waals surface area contributed by atoms with Gasteiger partial charge in [-0.05, 0) is 12.8 Å². The number of nitrogens with zero attached hydrogens (tertiary/aromatic N) is 4. The predicted octanol–water partition coefficient (Wildman–Crippen LogP) is 1.32. The highest BCUT2D eigenvalue weighted by Gasteiger charge is 2.16. The third-order valence-corrected chi connectivity index (χ3v) is 2.99. The molecule has 0 bridgehead atoms. The fourth-order valence-corrected chi connectivity index (χ4v) is 2.05. The summed E-state index contributed by atoms with van der Waals surface area (Å²) in [5.74, 6) is 0.834. The molecular formula is C12H13N5O2. The number of amides is 1. The van der Waals surface area contributed by atoms with E-state index in [1.807, 2.05) is 0 Å². The SMILES string of the molecule is O=C(Nc1ccon1)c1cc(N2CCCC2)ncn1. The summed E-state index contributed by atoms with van der Waals surface area (Å²) in [7, 11) is 0. The first kappa shape index (κ1) is 11.6. The van der Waals surface area contributed by atoms with E-state index in [4.69, 9.17) is 0 Å². The molecule has 2 aromatic heterocycles. The number of rotatable bonds is 3. The first-order valence-corrected chi connectivity index (χ1v) is 6.12. The van der Waals surface area contributed by atoms with E-state index < -0.39 is 0 Å². The van der Waals surface area contributed by atoms with Gasteiger partial charge in [-0.1, -0.05) is 5.16 Å². The van der Waals surface area contributed by atoms with Crippen molar-refractivity contribution in [2.24, 2.45) is 0 Å². The molecule has 1 amide bonds. The normalized spacial score (nSPS) is 14.6. The van der Waals surface area contributed by atoms with Crippen LogP contribution in [0.4, 0.5) is 11.6 Å². The molecule has 0 aliphatic carbocycles. The molecule has 7 nitrogen and oxygen atoms in total. The molecule has 1 aliphatic heterocycles. The van der Waals surface area contributed by atoms with Crippen LogP contribution in [-0.2, 0) is 0 Å². The smallest absolute Gasteiger partial charge is 0.275 e. The first-order valence-electron chi connectivity index (χ1n) is 6.12. The molecule has 98 valence electrons. The molecule has 1 saturated heterocycles. The van der Waals surface area contributed by atoms with E-state index in [2.05, 4.69) is 29.9 Å². The van der Waals surface area contributed by atoms with Crippen molar-refractivity contribution in [2.45, 2.75) is 12.8 Å². The fraction of sp³-hybridized carbons (Fsp3) is 0.333. The monoisotopic (exact) mass is 259 g/mol. The van der Waals surface area contributed by atoms with E-state index in [0.29, 0.717) is 11.5 Å². The minimum Gasteiger partial charge on any atom is -0.363 e. The number of aromatic nitrogens is 3. The van der Waals surface area contributed by atoms with Crippen LogP contribution < -0.4 is 10.2 Å². The molecule has 2 aromatic rings. The Hall–Kier alpha value is -2.44. The third kappa shape index (κ3) is 2.54. The van der Waals surface area contributed by atoms with Gasteiger partial charge in [0, 0.05) is 25.2 Å². The highest BCUT2D eigenvalue weighted by molar-refractivity contribution is 6.02. The van der Waals surface area contributed by atoms with E-state index in [1.165, 1.54) is 12.6 Å². The van der Waals surface area contributed by atoms with Crippen LogP contribution in [0.3, 0.4) is 0 Å². The Balaban J connectivity index is 1.76. The Kier molecular flexibility index (Phi) is 3.09. The van der Waals surface area contributed by atoms with Crippen molar-refractivity contribution in [3.8, 4) is 0 Å². The lowest BCUT2D eigenvalue weighted by Gasteiger charge is -2.16. The zero-order valence-corrected chi connectivity index (χ0v) is 10.2. The summed E-state index contributed by atoms with van der Waals surface area (Å²) in [5.41, 5.74) is 0.319. The van der Waals surface area contributed by atoms with Crippen molar-refractivity contribution < 1.29 is 9.32 Å². The van der Waals surface area contributed by atoms with Gasteiger partial charge >= 0.3 is 0 Å². The maximum atomic E-state index is 12.0. The number of carbonyl (C=O) groups excluding carboxylic acids is 1. The third-order valence-electron chi connectivity index (χ3n) is 2.99. The van der Waals surface area contributed by atoms with E-state index >= 15 is 0 Å². The summed E-state index contributed by atoms with van der Waals surface area (Å²) in [6, 6.07) is 3.27. The minimum atomic E-state index is -0.322. The van der Waals surface area contributed by atoms with Crippen molar-refractivity contribution in [2.75, 3.05) is 23.3 Å². The lowest BCUT2D eigenvalue weighted by Crippen LogP contribution is -2.21. The first-order chi connectivity index (χ1) is 9.33. The molecule has 0 aromatic carbocycles. The fourth-order valence-electron chi connectivity index (χ4n) is 2.05. The molecule has 1 N–H and O–H groups in total. The molecule has 19 heavy (non-hydrogen) atoms. The summed E-state index contributed by atoms with van der Waals surface area (Å²) in [5, 5.41) is 6.22. The average Bonchev–Trinajstić information content (AvgIpc) is 3.12. The summed E-state index contributed by atoms with van der Waals surface area (Å²) in [6.07, 6.45) is 5.12. The van der Waals surface area contributed by atoms with Gasteiger partial charge in [0.1, 0.15) is 24.1 Å². The van der Waals surface area contributed by atoms with Gasteiger partial charge in [-0.2, -0.15) is 0 Å². The number of anilines is 2. The van der Waals surface area contributed by atoms with Crippen molar-refractivity contribution >= 4 is 17.5 Å². The van der Waals surface area contributed by atoms with Crippen molar-refractivity contribution in [1.82, 2.24) is 15.1 Å². The van der Waals surface area contributed by atoms with E-state index in [9.17, 15) is 4.79 Å². The quantitative estimate of drug-likeness (QED) is 0.894. The topological polar surface area (TPSA) is 84.2 Å². The van der Waals surface area contributed by atoms with Crippen molar-refractivity contribution in [1.29, 1.82) is 0 Å². The highest BCUT2D eigenvalue weighted by Crippen LogP contribution is 2.17. The number of hydrogen-bond donors (Lipinski definition) is 1. The van der Waals surface area contributed by atoms with Crippen LogP contribution in [0.15, 0.2) is 29.2 Å². The number of nitrogens with one attached hydrogen (secondary N) is 1. The van der Waals surface area contributed by atoms with Gasteiger partial charge in [0.15, 0.2) is 5.82 Å². The van der Waals surface area contributed by atoms with Gasteiger partial charge in [0.05, 0.1) is 0 Å². The van der Waals surface area contributed by atoms with E-state index in [0.717, 1.165) is 31.7 Å². The van der Waals surface area contributed by atoms with Crippen LogP contribution in [0, 0.1) is 0 Å². The lowest BCUT2D eigenvalue weighted by atomic mass is 10.3. The molecule has 1 aliphatic rings. The average molecular weight is 259 g/mol. The van der Waals surface area contributed by atoms with Gasteiger partial charge in [-0.15, -0.1) is 0 Å². The Labute approximate surface area is 109 Å². The minimum absolute atomic E-state index is 0.319. The van der Waals surface area contributed by atoms with Crippen LogP contribution in [-0.4, -0.2) is 34.1 Å². The van der Waals surface area contributed by atoms with Gasteiger partial charge < -0.3 is 14.7 Å². The van der Waals surface area contributed by atoms with Crippen molar-refractivity contribution in [3.63, 3.8) is 0 Å². The Morgan fingerprint density at radius 3 is 2.89 bits per heavy atom. The summed E-state index contributed by atoms with van der Waals surface area (Å²) >= 11 is 0. The molecular weight excluding hydrogens is 246 g/mol. The number of hydrogen-bond acceptors (Lipinski definition) is 6. The second-order valence-corrected chi connectivity index (χ2v) is 4.29. The second-order valence-electron chi connectivity index (χ2n) is 4.29. The largest absolute Gasteiger partial charge is 0.363 e. The van der Waals surface area contributed by atoms with Crippen LogP contribution in [0.2, 0.25) is 0 Å².